The molecule has 2 aromatic heterocycles. The maximum absolute atomic E-state index is 13.6. The van der Waals surface area contributed by atoms with Gasteiger partial charge in [0.25, 0.3) is 18.8 Å². The maximum atomic E-state index is 13.6. The van der Waals surface area contributed by atoms with Gasteiger partial charge in [-0.15, -0.1) is 0 Å². The van der Waals surface area contributed by atoms with Gasteiger partial charge in [-0.25, -0.2) is 44.6 Å². The lowest BCUT2D eigenvalue weighted by molar-refractivity contribution is 0.101. The zero-order chi connectivity index (χ0) is 20.7. The van der Waals surface area contributed by atoms with Crippen LogP contribution < -0.4 is 5.32 Å². The zero-order valence-electron chi connectivity index (χ0n) is 13.2. The Morgan fingerprint density at radius 2 is 1.54 bits per heavy atom. The van der Waals surface area contributed by atoms with E-state index in [-0.39, 0.29) is 6.07 Å². The Balaban J connectivity index is 2.05. The molecule has 0 saturated heterocycles. The first kappa shape index (κ1) is 19.5. The average molecular weight is 410 g/mol. The minimum atomic E-state index is -3.27. The first-order chi connectivity index (χ1) is 13.1. The van der Waals surface area contributed by atoms with Gasteiger partial charge in [0.1, 0.15) is 17.1 Å². The summed E-state index contributed by atoms with van der Waals surface area (Å²) in [4.78, 5) is 15.4. The minimum absolute atomic E-state index is 0.0874. The Labute approximate surface area is 149 Å². The van der Waals surface area contributed by atoms with Gasteiger partial charge in [0.15, 0.2) is 34.6 Å². The molecule has 1 N–H and O–H groups in total. The minimum Gasteiger partial charge on any atom is -0.315 e. The van der Waals surface area contributed by atoms with Crippen LogP contribution in [0.1, 0.15) is 34.7 Å². The van der Waals surface area contributed by atoms with Crippen LogP contribution >= 0.6 is 0 Å². The number of amides is 1. The highest BCUT2D eigenvalue weighted by molar-refractivity contribution is 6.03. The van der Waals surface area contributed by atoms with Crippen LogP contribution in [0.5, 0.6) is 0 Å². The fourth-order valence-corrected chi connectivity index (χ4v) is 2.26. The number of benzene rings is 1. The molecule has 0 unspecified atom stereocenters. The molecule has 2 heterocycles. The number of carbonyl (C=O) groups is 1. The summed E-state index contributed by atoms with van der Waals surface area (Å²) in [6, 6.07) is 0.965. The van der Waals surface area contributed by atoms with Crippen molar-refractivity contribution in [1.29, 1.82) is 0 Å². The largest absolute Gasteiger partial charge is 0.315 e. The van der Waals surface area contributed by atoms with Crippen molar-refractivity contribution in [3.63, 3.8) is 0 Å². The van der Waals surface area contributed by atoms with Crippen molar-refractivity contribution in [2.24, 2.45) is 0 Å². The monoisotopic (exact) mass is 410 g/mol. The summed E-state index contributed by atoms with van der Waals surface area (Å²) < 4.78 is 106. The van der Waals surface area contributed by atoms with Crippen LogP contribution in [0.3, 0.4) is 0 Å². The van der Waals surface area contributed by atoms with Gasteiger partial charge in [-0.1, -0.05) is 0 Å². The molecule has 3 aromatic rings. The predicted molar refractivity (Wildman–Crippen MR) is 77.1 cm³/mol. The van der Waals surface area contributed by atoms with Crippen LogP contribution in [-0.2, 0) is 0 Å². The Morgan fingerprint density at radius 3 is 2.07 bits per heavy atom. The Kier molecular flexibility index (Phi) is 4.91. The second kappa shape index (κ2) is 7.05. The van der Waals surface area contributed by atoms with E-state index in [1.807, 2.05) is 0 Å². The summed E-state index contributed by atoms with van der Waals surface area (Å²) in [5.41, 5.74) is -4.86. The molecular formula is C15H6F8N4O. The molecule has 5 nitrogen and oxygen atoms in total. The summed E-state index contributed by atoms with van der Waals surface area (Å²) in [6.07, 6.45) is -6.47. The van der Waals surface area contributed by atoms with Gasteiger partial charge in [-0.2, -0.15) is 5.10 Å². The highest BCUT2D eigenvalue weighted by Gasteiger charge is 2.25. The highest BCUT2D eigenvalue weighted by atomic mass is 19.3. The molecule has 0 radical (unpaired) electrons. The van der Waals surface area contributed by atoms with E-state index in [2.05, 4.69) is 10.1 Å². The van der Waals surface area contributed by atoms with Crippen molar-refractivity contribution in [2.45, 2.75) is 12.9 Å². The van der Waals surface area contributed by atoms with E-state index >= 15 is 0 Å². The molecule has 0 aliphatic rings. The van der Waals surface area contributed by atoms with Gasteiger partial charge >= 0.3 is 0 Å². The number of nitrogens with one attached hydrogen (secondary N) is 1. The number of halogens is 8. The number of alkyl halides is 4. The zero-order valence-corrected chi connectivity index (χ0v) is 13.2. The SMILES string of the molecule is O=C(Nc1c(F)c(F)cc(F)c1F)c1cc2nc(C(F)F)cc(C(F)F)n2n1. The number of aromatic nitrogens is 3. The van der Waals surface area contributed by atoms with Gasteiger partial charge in [0.05, 0.1) is 0 Å². The summed E-state index contributed by atoms with van der Waals surface area (Å²) in [5, 5.41) is 4.93. The predicted octanol–water partition coefficient (Wildman–Crippen LogP) is 4.41. The van der Waals surface area contributed by atoms with Crippen molar-refractivity contribution < 1.29 is 39.9 Å². The first-order valence-electron chi connectivity index (χ1n) is 7.21. The molecule has 0 aliphatic heterocycles. The lowest BCUT2D eigenvalue weighted by Crippen LogP contribution is -2.16. The third kappa shape index (κ3) is 3.34. The molecule has 0 saturated carbocycles. The number of nitrogens with zero attached hydrogens (tertiary/aromatic N) is 3. The average Bonchev–Trinajstić information content (AvgIpc) is 3.06. The molecule has 0 spiro atoms. The van der Waals surface area contributed by atoms with Gasteiger partial charge < -0.3 is 5.32 Å². The van der Waals surface area contributed by atoms with Crippen LogP contribution in [0.4, 0.5) is 40.8 Å². The van der Waals surface area contributed by atoms with Gasteiger partial charge in [-0.05, 0) is 6.07 Å². The van der Waals surface area contributed by atoms with Gasteiger partial charge in [0.2, 0.25) is 0 Å². The standard InChI is InChI=1S/C15H6F8N4O/c16-4-1-5(17)11(19)12(10(4)18)25-15(28)7-3-9-24-6(13(20)21)2-8(14(22)23)27(9)26-7/h1-3,13-14H,(H,25,28). The maximum Gasteiger partial charge on any atom is 0.280 e. The quantitative estimate of drug-likeness (QED) is 0.512. The molecule has 28 heavy (non-hydrogen) atoms. The van der Waals surface area contributed by atoms with E-state index < -0.39 is 70.4 Å². The molecule has 0 fully saturated rings. The molecule has 0 atom stereocenters. The van der Waals surface area contributed by atoms with Crippen molar-refractivity contribution >= 4 is 17.2 Å². The lowest BCUT2D eigenvalue weighted by Gasteiger charge is -2.07. The van der Waals surface area contributed by atoms with E-state index in [9.17, 15) is 39.9 Å². The number of hydrogen-bond donors (Lipinski definition) is 1. The van der Waals surface area contributed by atoms with E-state index in [4.69, 9.17) is 0 Å². The molecule has 148 valence electrons. The molecule has 3 rings (SSSR count). The summed E-state index contributed by atoms with van der Waals surface area (Å²) >= 11 is 0. The number of rotatable bonds is 4. The van der Waals surface area contributed by atoms with Crippen molar-refractivity contribution in [1.82, 2.24) is 14.6 Å². The van der Waals surface area contributed by atoms with Crippen molar-refractivity contribution in [2.75, 3.05) is 5.32 Å². The first-order valence-corrected chi connectivity index (χ1v) is 7.21. The van der Waals surface area contributed by atoms with E-state index in [1.54, 1.807) is 0 Å². The lowest BCUT2D eigenvalue weighted by atomic mass is 10.2. The molecule has 0 bridgehead atoms. The number of carbonyl (C=O) groups excluding carboxylic acids is 1. The normalized spacial score (nSPS) is 11.6. The Morgan fingerprint density at radius 1 is 0.929 bits per heavy atom. The Bertz CT molecular complexity index is 1060. The highest BCUT2D eigenvalue weighted by Crippen LogP contribution is 2.27. The smallest absolute Gasteiger partial charge is 0.280 e. The third-order valence-corrected chi connectivity index (χ3v) is 3.50. The second-order valence-corrected chi connectivity index (χ2v) is 5.30. The van der Waals surface area contributed by atoms with Crippen LogP contribution in [0.25, 0.3) is 5.65 Å². The van der Waals surface area contributed by atoms with E-state index in [1.165, 1.54) is 5.32 Å². The molecule has 1 amide bonds. The van der Waals surface area contributed by atoms with E-state index in [0.29, 0.717) is 16.6 Å². The molecular weight excluding hydrogens is 404 g/mol. The number of anilines is 1. The molecule has 0 aliphatic carbocycles. The fourth-order valence-electron chi connectivity index (χ4n) is 2.26. The van der Waals surface area contributed by atoms with Crippen molar-refractivity contribution in [3.05, 3.63) is 58.5 Å². The van der Waals surface area contributed by atoms with Crippen molar-refractivity contribution in [3.8, 4) is 0 Å². The topological polar surface area (TPSA) is 59.3 Å². The second-order valence-electron chi connectivity index (χ2n) is 5.30. The van der Waals surface area contributed by atoms with Crippen LogP contribution in [-0.4, -0.2) is 20.5 Å². The summed E-state index contributed by atoms with van der Waals surface area (Å²) in [6.45, 7) is 0. The van der Waals surface area contributed by atoms with Crippen LogP contribution in [0, 0.1) is 23.3 Å². The molecule has 1 aromatic carbocycles. The van der Waals surface area contributed by atoms with Gasteiger partial charge in [0, 0.05) is 12.1 Å². The van der Waals surface area contributed by atoms with Crippen LogP contribution in [0.15, 0.2) is 18.2 Å². The fraction of sp³-hybridized carbons (Fsp3) is 0.133. The van der Waals surface area contributed by atoms with Gasteiger partial charge in [-0.3, -0.25) is 4.79 Å². The number of fused-ring (bicyclic) bond motifs is 1. The summed E-state index contributed by atoms with van der Waals surface area (Å²) in [7, 11) is 0. The summed E-state index contributed by atoms with van der Waals surface area (Å²) in [5.74, 6) is -8.88. The van der Waals surface area contributed by atoms with Crippen LogP contribution in [0.2, 0.25) is 0 Å². The Hall–Kier alpha value is -3.25. The third-order valence-electron chi connectivity index (χ3n) is 3.50. The van der Waals surface area contributed by atoms with E-state index in [0.717, 1.165) is 0 Å². The number of hydrogen-bond acceptors (Lipinski definition) is 3. The molecule has 13 heteroatoms.